The Morgan fingerprint density at radius 3 is 1.82 bits per heavy atom. The van der Waals surface area contributed by atoms with Crippen molar-refractivity contribution in [2.24, 2.45) is 21.5 Å². The second-order valence-electron chi connectivity index (χ2n) is 24.7. The number of unbranched alkanes of at least 4 members (excludes halogenated alkanes) is 3. The van der Waals surface area contributed by atoms with Gasteiger partial charge in [0.1, 0.15) is 39.6 Å². The molecule has 2 aliphatic rings. The molecule has 8 heterocycles. The molecule has 1 atom stereocenters. The second-order valence-corrected chi connectivity index (χ2v) is 24.7. The van der Waals surface area contributed by atoms with Gasteiger partial charge in [-0.2, -0.15) is 20.2 Å². The van der Waals surface area contributed by atoms with Gasteiger partial charge in [-0.3, -0.25) is 33.3 Å². The van der Waals surface area contributed by atoms with E-state index in [0.717, 1.165) is 115 Å². The molecule has 0 aliphatic carbocycles. The molecular weight excluding hydrogens is 1220 g/mol. The number of aromatic amines is 2. The highest BCUT2D eigenvalue weighted by Gasteiger charge is 2.23. The Labute approximate surface area is 557 Å². The first kappa shape index (κ1) is 67.5. The van der Waals surface area contributed by atoms with Crippen molar-refractivity contribution in [3.8, 4) is 11.5 Å². The molecule has 0 radical (unpaired) electrons. The van der Waals surface area contributed by atoms with Crippen LogP contribution in [0.15, 0.2) is 107 Å². The number of hydrogen-bond donors (Lipinski definition) is 6. The standard InChI is InChI=1S/C70H89N19O7/c1-7-53-45-85(31-24-73-53)54-19-17-48(18-20-54)21-23-74-66(92)52-39-49-22-30-84(65(49)75-44-52)27-13-11-10-12-25-82-32-34-83(35-33-82)26-16-36-96-60-43-51(64(72)91)41-56-62(60)87(70(77-56)79-68(94)58-38-47(5)81-89(58)9-3)29-15-14-28-86-61-55(40-50(63(71)90)42-59(61)95-6)76-69(86)78-67(93)57-37-46(4)80-88(57)8-2/h14-15,17-20,22,30,37-44,53,73H,7-13,16,21,23-29,31-36,45H2,1-6H3,(H2,71,90)(H2,72,91)(H,74,92)(H,76,78,93)(H,77,79,94)/b15-14+/t53-/m1/s1. The topological polar surface area (TPSA) is 309 Å². The van der Waals surface area contributed by atoms with E-state index >= 15 is 0 Å². The van der Waals surface area contributed by atoms with E-state index in [2.05, 4.69) is 97.4 Å². The van der Waals surface area contributed by atoms with Crippen molar-refractivity contribution in [3.05, 3.63) is 154 Å². The number of ether oxygens (including phenoxy) is 2. The Bertz CT molecular complexity index is 4450. The lowest BCUT2D eigenvalue weighted by molar-refractivity contribution is 0.0950. The average molecular weight is 1310 g/mol. The number of allylic oxidation sites excluding steroid dienone is 2. The van der Waals surface area contributed by atoms with Crippen LogP contribution >= 0.6 is 0 Å². The second kappa shape index (κ2) is 31.1. The van der Waals surface area contributed by atoms with Gasteiger partial charge in [0.15, 0.2) is 0 Å². The zero-order valence-corrected chi connectivity index (χ0v) is 55.9. The third-order valence-electron chi connectivity index (χ3n) is 18.1. The van der Waals surface area contributed by atoms with Gasteiger partial charge in [-0.15, -0.1) is 0 Å². The van der Waals surface area contributed by atoms with E-state index in [0.29, 0.717) is 101 Å². The predicted octanol–water partition coefficient (Wildman–Crippen LogP) is 6.40. The maximum absolute atomic E-state index is 14.0. The fraction of sp³-hybridized carbons (Fsp3) is 0.429. The predicted molar refractivity (Wildman–Crippen MR) is 368 cm³/mol. The van der Waals surface area contributed by atoms with E-state index in [1.165, 1.54) is 24.4 Å². The number of nitrogens with two attached hydrogens (primary N) is 2. The van der Waals surface area contributed by atoms with E-state index in [1.807, 2.05) is 49.6 Å². The highest BCUT2D eigenvalue weighted by atomic mass is 16.5. The van der Waals surface area contributed by atoms with Crippen LogP contribution in [0.3, 0.4) is 0 Å². The number of nitrogens with zero attached hydrogens (tertiary/aromatic N) is 13. The molecule has 96 heavy (non-hydrogen) atoms. The largest absolute Gasteiger partial charge is 0.494 e. The van der Waals surface area contributed by atoms with E-state index in [9.17, 15) is 24.0 Å². The Morgan fingerprint density at radius 1 is 0.677 bits per heavy atom. The van der Waals surface area contributed by atoms with Gasteiger partial charge in [0.25, 0.3) is 17.7 Å². The van der Waals surface area contributed by atoms with Crippen LogP contribution in [0.25, 0.3) is 33.1 Å². The van der Waals surface area contributed by atoms with Crippen molar-refractivity contribution in [3.63, 3.8) is 0 Å². The maximum Gasteiger partial charge on any atom is 0.298 e. The molecule has 2 saturated heterocycles. The molecule has 0 unspecified atom stereocenters. The number of pyridine rings is 1. The summed E-state index contributed by atoms with van der Waals surface area (Å²) in [4.78, 5) is 94.1. The minimum atomic E-state index is -0.661. The van der Waals surface area contributed by atoms with Crippen LogP contribution in [0.5, 0.6) is 11.5 Å². The number of H-pyrrole nitrogens is 2. The number of aromatic nitrogens is 10. The number of benzene rings is 3. The zero-order valence-electron chi connectivity index (χ0n) is 55.9. The number of anilines is 1. The van der Waals surface area contributed by atoms with E-state index in [4.69, 9.17) is 25.9 Å². The molecule has 2 aliphatic heterocycles. The van der Waals surface area contributed by atoms with Crippen molar-refractivity contribution in [1.29, 1.82) is 0 Å². The van der Waals surface area contributed by atoms with Crippen molar-refractivity contribution in [1.82, 2.24) is 68.6 Å². The molecule has 11 rings (SSSR count). The van der Waals surface area contributed by atoms with Crippen LogP contribution in [0.2, 0.25) is 0 Å². The Hall–Kier alpha value is -9.92. The number of nitrogens with one attached hydrogen (secondary N) is 4. The molecule has 0 bridgehead atoms. The van der Waals surface area contributed by atoms with Crippen LogP contribution in [0.4, 0.5) is 5.69 Å². The summed E-state index contributed by atoms with van der Waals surface area (Å²) in [5, 5.41) is 16.5. The maximum atomic E-state index is 14.0. The molecule has 8 N–H and O–H groups in total. The summed E-state index contributed by atoms with van der Waals surface area (Å²) >= 11 is 0. The Balaban J connectivity index is 0.682. The zero-order chi connectivity index (χ0) is 67.4. The summed E-state index contributed by atoms with van der Waals surface area (Å²) in [5.41, 5.74) is 20.3. The Kier molecular flexibility index (Phi) is 21.9. The third-order valence-corrected chi connectivity index (χ3v) is 18.1. The van der Waals surface area contributed by atoms with Gasteiger partial charge in [-0.05, 0) is 133 Å². The molecule has 9 aromatic rings. The van der Waals surface area contributed by atoms with Crippen molar-refractivity contribution < 1.29 is 33.4 Å². The minimum absolute atomic E-state index is 0.110. The summed E-state index contributed by atoms with van der Waals surface area (Å²) in [6.45, 7) is 21.4. The van der Waals surface area contributed by atoms with Crippen LogP contribution in [0, 0.1) is 13.8 Å². The van der Waals surface area contributed by atoms with E-state index in [-0.39, 0.29) is 41.4 Å². The van der Waals surface area contributed by atoms with E-state index in [1.54, 1.807) is 57.4 Å². The van der Waals surface area contributed by atoms with Gasteiger partial charge < -0.3 is 69.9 Å². The minimum Gasteiger partial charge on any atom is -0.494 e. The first-order chi connectivity index (χ1) is 46.6. The van der Waals surface area contributed by atoms with Gasteiger partial charge in [0, 0.05) is 132 Å². The van der Waals surface area contributed by atoms with E-state index < -0.39 is 23.6 Å². The number of aryl methyl sites for hydroxylation is 5. The highest BCUT2D eigenvalue weighted by Crippen LogP contribution is 2.29. The fourth-order valence-corrected chi connectivity index (χ4v) is 12.9. The molecule has 5 amide bonds. The first-order valence-electron chi connectivity index (χ1n) is 33.5. The lowest BCUT2D eigenvalue weighted by atomic mass is 10.1. The number of carbonyl (C=O) groups excluding carboxylic acids is 5. The number of piperazine rings is 2. The van der Waals surface area contributed by atoms with Gasteiger partial charge in [-0.1, -0.05) is 44.1 Å². The number of methoxy groups -OCH3 is 1. The molecule has 26 nitrogen and oxygen atoms in total. The van der Waals surface area contributed by atoms with Crippen molar-refractivity contribution >= 4 is 68.3 Å². The third kappa shape index (κ3) is 15.9. The van der Waals surface area contributed by atoms with Gasteiger partial charge in [0.2, 0.25) is 23.1 Å². The van der Waals surface area contributed by atoms with Crippen LogP contribution in [0.1, 0.15) is 128 Å². The number of primary amides is 2. The average Bonchev–Trinajstić information content (AvgIpc) is 1.63. The quantitative estimate of drug-likeness (QED) is 0.0218. The van der Waals surface area contributed by atoms with Crippen LogP contribution in [-0.2, 0) is 39.1 Å². The van der Waals surface area contributed by atoms with Crippen LogP contribution < -0.4 is 47.7 Å². The number of carbonyl (C=O) groups is 5. The molecule has 506 valence electrons. The SMILES string of the molecule is CC[C@@H]1CN(c2ccc(CCNC(=O)c3cnc4c(ccn4CCCCCCN4CCN(CCCOc5cc(C(N)=O)cc6[nH]/c(=N/C(=O)c7cc(C)nn7CC)n(C/C=C/Cn7/c(=N\C(=O)c8cc(C)nn8CC)[nH]c8cc(C(N)=O)cc(OC)c87)c56)CC4)c3)cc2)CCN1. The summed E-state index contributed by atoms with van der Waals surface area (Å²) in [6.07, 6.45) is 14.5. The lowest BCUT2D eigenvalue weighted by Crippen LogP contribution is -2.50. The molecule has 2 fully saturated rings. The lowest BCUT2D eigenvalue weighted by Gasteiger charge is -2.35. The molecule has 0 spiro atoms. The number of imidazole rings is 2. The monoisotopic (exact) mass is 1310 g/mol. The summed E-state index contributed by atoms with van der Waals surface area (Å²) < 4.78 is 21.3. The molecule has 0 saturated carbocycles. The van der Waals surface area contributed by atoms with Gasteiger partial charge >= 0.3 is 0 Å². The molecule has 6 aromatic heterocycles. The first-order valence-corrected chi connectivity index (χ1v) is 33.5. The number of fused-ring (bicyclic) bond motifs is 3. The summed E-state index contributed by atoms with van der Waals surface area (Å²) in [6, 6.07) is 23.0. The molecule has 3 aromatic carbocycles. The number of rotatable bonds is 29. The number of amides is 5. The smallest absolute Gasteiger partial charge is 0.298 e. The molecular formula is C70H89N19O7. The fourth-order valence-electron chi connectivity index (χ4n) is 12.9. The van der Waals surface area contributed by atoms with Crippen molar-refractivity contribution in [2.75, 3.05) is 84.1 Å². The normalized spacial score (nSPS) is 15.3. The summed E-state index contributed by atoms with van der Waals surface area (Å²) in [5.74, 6) is -1.77. The number of hydrogen-bond acceptors (Lipinski definition) is 14. The highest BCUT2D eigenvalue weighted by molar-refractivity contribution is 6.00. The van der Waals surface area contributed by atoms with Gasteiger partial charge in [-0.25, -0.2) is 4.98 Å². The Morgan fingerprint density at radius 2 is 1.25 bits per heavy atom. The van der Waals surface area contributed by atoms with Gasteiger partial charge in [0.05, 0.1) is 41.7 Å². The summed E-state index contributed by atoms with van der Waals surface area (Å²) in [7, 11) is 1.48. The van der Waals surface area contributed by atoms with Crippen LogP contribution in [-0.4, -0.2) is 173 Å². The molecule has 26 heteroatoms. The van der Waals surface area contributed by atoms with Crippen molar-refractivity contribution in [2.45, 2.75) is 118 Å².